The van der Waals surface area contributed by atoms with Crippen molar-refractivity contribution in [2.45, 2.75) is 0 Å². The van der Waals surface area contributed by atoms with Crippen molar-refractivity contribution in [3.8, 4) is 0 Å². The molecule has 1 heterocycles. The predicted octanol–water partition coefficient (Wildman–Crippen LogP) is 2.01. The van der Waals surface area contributed by atoms with Gasteiger partial charge in [-0.25, -0.2) is 4.79 Å². The molecule has 0 radical (unpaired) electrons. The summed E-state index contributed by atoms with van der Waals surface area (Å²) in [5.74, 6) is -1.26. The van der Waals surface area contributed by atoms with Crippen molar-refractivity contribution in [3.63, 3.8) is 0 Å². The summed E-state index contributed by atoms with van der Waals surface area (Å²) in [4.78, 5) is 26.6. The lowest BCUT2D eigenvalue weighted by Crippen LogP contribution is -2.04. The van der Waals surface area contributed by atoms with Crippen LogP contribution in [0.15, 0.2) is 48.8 Å². The number of carboxylic acid groups (broad SMARTS) is 1. The van der Waals surface area contributed by atoms with Crippen LogP contribution in [0.3, 0.4) is 0 Å². The van der Waals surface area contributed by atoms with Gasteiger partial charge in [-0.3, -0.25) is 9.78 Å². The normalized spacial score (nSPS) is 9.88. The molecule has 84 valence electrons. The summed E-state index contributed by atoms with van der Waals surface area (Å²) in [7, 11) is 0. The summed E-state index contributed by atoms with van der Waals surface area (Å²) in [6, 6.07) is 9.15. The smallest absolute Gasteiger partial charge is 0.335 e. The lowest BCUT2D eigenvalue weighted by atomic mass is 10.0. The van der Waals surface area contributed by atoms with Crippen LogP contribution in [0.5, 0.6) is 0 Å². The van der Waals surface area contributed by atoms with Crippen molar-refractivity contribution >= 4 is 11.8 Å². The van der Waals surface area contributed by atoms with Crippen LogP contribution >= 0.6 is 0 Å². The summed E-state index contributed by atoms with van der Waals surface area (Å²) in [6.45, 7) is 0. The average Bonchev–Trinajstić information content (AvgIpc) is 2.39. The minimum atomic E-state index is -1.05. The number of carboxylic acids is 1. The second-order valence-corrected chi connectivity index (χ2v) is 3.45. The van der Waals surface area contributed by atoms with E-state index in [9.17, 15) is 9.59 Å². The fourth-order valence-electron chi connectivity index (χ4n) is 1.46. The summed E-state index contributed by atoms with van der Waals surface area (Å²) in [6.07, 6.45) is 3.04. The zero-order chi connectivity index (χ0) is 12.3. The molecule has 17 heavy (non-hydrogen) atoms. The zero-order valence-electron chi connectivity index (χ0n) is 8.83. The van der Waals surface area contributed by atoms with E-state index in [1.807, 2.05) is 0 Å². The molecule has 1 N–H and O–H groups in total. The standard InChI is InChI=1S/C13H9NO3/c15-12(9-4-6-14-7-5-9)10-2-1-3-11(8-10)13(16)17/h1-8H,(H,16,17). The first-order valence-corrected chi connectivity index (χ1v) is 4.96. The molecule has 4 nitrogen and oxygen atoms in total. The molecule has 0 unspecified atom stereocenters. The lowest BCUT2D eigenvalue weighted by molar-refractivity contribution is 0.0697. The van der Waals surface area contributed by atoms with E-state index < -0.39 is 5.97 Å². The molecule has 0 atom stereocenters. The van der Waals surface area contributed by atoms with Gasteiger partial charge in [-0.05, 0) is 24.3 Å². The summed E-state index contributed by atoms with van der Waals surface area (Å²) in [5.41, 5.74) is 0.948. The topological polar surface area (TPSA) is 67.3 Å². The van der Waals surface area contributed by atoms with Gasteiger partial charge in [0, 0.05) is 23.5 Å². The molecule has 2 rings (SSSR count). The van der Waals surface area contributed by atoms with Gasteiger partial charge in [0.15, 0.2) is 5.78 Å². The molecule has 0 bridgehead atoms. The van der Waals surface area contributed by atoms with Crippen molar-refractivity contribution in [3.05, 3.63) is 65.5 Å². The predicted molar refractivity (Wildman–Crippen MR) is 61.1 cm³/mol. The lowest BCUT2D eigenvalue weighted by Gasteiger charge is -2.01. The Kier molecular flexibility index (Phi) is 2.96. The second kappa shape index (κ2) is 4.57. The van der Waals surface area contributed by atoms with Crippen LogP contribution in [-0.4, -0.2) is 21.8 Å². The van der Waals surface area contributed by atoms with Gasteiger partial charge >= 0.3 is 5.97 Å². The molecule has 0 spiro atoms. The van der Waals surface area contributed by atoms with Gasteiger partial charge in [0.1, 0.15) is 0 Å². The van der Waals surface area contributed by atoms with E-state index in [1.54, 1.807) is 24.3 Å². The highest BCUT2D eigenvalue weighted by atomic mass is 16.4. The molecular formula is C13H9NO3. The molecular weight excluding hydrogens is 218 g/mol. The minimum absolute atomic E-state index is 0.102. The number of benzene rings is 1. The Morgan fingerprint density at radius 2 is 1.59 bits per heavy atom. The van der Waals surface area contributed by atoms with Crippen molar-refractivity contribution in [2.24, 2.45) is 0 Å². The Morgan fingerprint density at radius 3 is 2.24 bits per heavy atom. The number of hydrogen-bond acceptors (Lipinski definition) is 3. The molecule has 1 aromatic heterocycles. The number of aromatic nitrogens is 1. The largest absolute Gasteiger partial charge is 0.478 e. The average molecular weight is 227 g/mol. The van der Waals surface area contributed by atoms with Crippen LogP contribution < -0.4 is 0 Å². The van der Waals surface area contributed by atoms with Crippen molar-refractivity contribution in [2.75, 3.05) is 0 Å². The summed E-state index contributed by atoms with van der Waals surface area (Å²) < 4.78 is 0. The van der Waals surface area contributed by atoms with E-state index in [1.165, 1.54) is 24.5 Å². The van der Waals surface area contributed by atoms with Crippen LogP contribution in [0.2, 0.25) is 0 Å². The Hall–Kier alpha value is -2.49. The number of rotatable bonds is 3. The third-order valence-corrected chi connectivity index (χ3v) is 2.31. The Bertz CT molecular complexity index is 564. The van der Waals surface area contributed by atoms with E-state index >= 15 is 0 Å². The zero-order valence-corrected chi connectivity index (χ0v) is 8.83. The molecule has 1 aromatic carbocycles. The van der Waals surface area contributed by atoms with Crippen LogP contribution in [0.4, 0.5) is 0 Å². The number of pyridine rings is 1. The van der Waals surface area contributed by atoms with Crippen LogP contribution in [-0.2, 0) is 0 Å². The third kappa shape index (κ3) is 2.36. The Morgan fingerprint density at radius 1 is 0.941 bits per heavy atom. The fourth-order valence-corrected chi connectivity index (χ4v) is 1.46. The van der Waals surface area contributed by atoms with Gasteiger partial charge in [-0.2, -0.15) is 0 Å². The first kappa shape index (κ1) is 11.0. The van der Waals surface area contributed by atoms with Gasteiger partial charge in [0.25, 0.3) is 0 Å². The molecule has 0 aliphatic carbocycles. The molecule has 0 fully saturated rings. The van der Waals surface area contributed by atoms with Gasteiger partial charge in [-0.1, -0.05) is 12.1 Å². The number of nitrogens with zero attached hydrogens (tertiary/aromatic N) is 1. The number of hydrogen-bond donors (Lipinski definition) is 1. The first-order chi connectivity index (χ1) is 8.18. The number of ketones is 1. The number of aromatic carboxylic acids is 1. The maximum atomic E-state index is 12.0. The monoisotopic (exact) mass is 227 g/mol. The maximum Gasteiger partial charge on any atom is 0.335 e. The van der Waals surface area contributed by atoms with Gasteiger partial charge in [0.2, 0.25) is 0 Å². The van der Waals surface area contributed by atoms with Gasteiger partial charge < -0.3 is 5.11 Å². The van der Waals surface area contributed by atoms with Crippen LogP contribution in [0, 0.1) is 0 Å². The Balaban J connectivity index is 2.38. The van der Waals surface area contributed by atoms with Gasteiger partial charge in [0.05, 0.1) is 5.56 Å². The molecule has 0 amide bonds. The van der Waals surface area contributed by atoms with Crippen molar-refractivity contribution in [1.29, 1.82) is 0 Å². The Labute approximate surface area is 97.6 Å². The molecule has 4 heteroatoms. The molecule has 2 aromatic rings. The van der Waals surface area contributed by atoms with E-state index in [2.05, 4.69) is 4.98 Å². The van der Waals surface area contributed by atoms with E-state index in [0.717, 1.165) is 0 Å². The maximum absolute atomic E-state index is 12.0. The number of carbonyl (C=O) groups excluding carboxylic acids is 1. The highest BCUT2D eigenvalue weighted by Crippen LogP contribution is 2.11. The van der Waals surface area contributed by atoms with Gasteiger partial charge in [-0.15, -0.1) is 0 Å². The third-order valence-electron chi connectivity index (χ3n) is 2.31. The van der Waals surface area contributed by atoms with E-state index in [4.69, 9.17) is 5.11 Å². The van der Waals surface area contributed by atoms with E-state index in [0.29, 0.717) is 11.1 Å². The fraction of sp³-hybridized carbons (Fsp3) is 0. The van der Waals surface area contributed by atoms with Crippen molar-refractivity contribution < 1.29 is 14.7 Å². The van der Waals surface area contributed by atoms with Crippen LogP contribution in [0.1, 0.15) is 26.3 Å². The summed E-state index contributed by atoms with van der Waals surface area (Å²) >= 11 is 0. The van der Waals surface area contributed by atoms with Crippen LogP contribution in [0.25, 0.3) is 0 Å². The molecule has 0 aliphatic heterocycles. The van der Waals surface area contributed by atoms with Crippen molar-refractivity contribution in [1.82, 2.24) is 4.98 Å². The molecule has 0 saturated carbocycles. The minimum Gasteiger partial charge on any atom is -0.478 e. The highest BCUT2D eigenvalue weighted by molar-refractivity contribution is 6.09. The summed E-state index contributed by atoms with van der Waals surface area (Å²) in [5, 5.41) is 8.84. The molecule has 0 aliphatic rings. The second-order valence-electron chi connectivity index (χ2n) is 3.45. The number of carbonyl (C=O) groups is 2. The molecule has 0 saturated heterocycles. The first-order valence-electron chi connectivity index (χ1n) is 4.96. The highest BCUT2D eigenvalue weighted by Gasteiger charge is 2.11. The quantitative estimate of drug-likeness (QED) is 0.814. The SMILES string of the molecule is O=C(O)c1cccc(C(=O)c2ccncc2)c1. The van der Waals surface area contributed by atoms with E-state index in [-0.39, 0.29) is 11.3 Å².